The van der Waals surface area contributed by atoms with Gasteiger partial charge < -0.3 is 14.4 Å². The van der Waals surface area contributed by atoms with E-state index < -0.39 is 40.9 Å². The molecule has 2 heterocycles. The molecule has 0 aliphatic carbocycles. The van der Waals surface area contributed by atoms with Gasteiger partial charge in [0.25, 0.3) is 5.91 Å². The van der Waals surface area contributed by atoms with Crippen LogP contribution in [-0.2, 0) is 15.1 Å². The number of nitrogens with zero attached hydrogens (tertiary/aromatic N) is 2. The highest BCUT2D eigenvalue weighted by atomic mass is 35.5. The molecule has 1 N–H and O–H groups in total. The Labute approximate surface area is 191 Å². The standard InChI is InChI=1S/C23H27ClN2O6/c1-12-17-14-9-8-13(24)10-15(14)19(28)26(20(29)30)23(21(2,3)4,18(17)32-25-12)11-16(27)31-22(5,6)7/h8-10H,11H2,1-7H3,(H,29,30)/t23-/m1/s1. The molecule has 1 aliphatic heterocycles. The van der Waals surface area contributed by atoms with Crippen molar-refractivity contribution in [3.05, 3.63) is 40.2 Å². The van der Waals surface area contributed by atoms with Crippen LogP contribution in [0, 0.1) is 12.3 Å². The summed E-state index contributed by atoms with van der Waals surface area (Å²) in [6.45, 7) is 12.1. The van der Waals surface area contributed by atoms with Crippen molar-refractivity contribution in [2.24, 2.45) is 5.41 Å². The van der Waals surface area contributed by atoms with Crippen molar-refractivity contribution in [1.82, 2.24) is 10.1 Å². The number of hydrogen-bond acceptors (Lipinski definition) is 6. The van der Waals surface area contributed by atoms with E-state index in [1.165, 1.54) is 6.07 Å². The maximum Gasteiger partial charge on any atom is 0.415 e. The highest BCUT2D eigenvalue weighted by molar-refractivity contribution is 6.31. The fourth-order valence-corrected chi connectivity index (χ4v) is 4.39. The van der Waals surface area contributed by atoms with Gasteiger partial charge in [0, 0.05) is 16.1 Å². The fourth-order valence-electron chi connectivity index (χ4n) is 4.21. The van der Waals surface area contributed by atoms with Crippen molar-refractivity contribution in [1.29, 1.82) is 0 Å². The number of rotatable bonds is 2. The normalized spacial score (nSPS) is 18.6. The molecule has 0 unspecified atom stereocenters. The first kappa shape index (κ1) is 23.8. The second-order valence-corrected chi connectivity index (χ2v) is 10.4. The monoisotopic (exact) mass is 462 g/mol. The number of halogens is 1. The SMILES string of the molecule is Cc1noc2c1-c1ccc(Cl)cc1C(=O)N(C(=O)O)[C@@]2(CC(=O)OC(C)(C)C)C(C)(C)C. The number of fused-ring (bicyclic) bond motifs is 3. The average Bonchev–Trinajstić information content (AvgIpc) is 2.95. The van der Waals surface area contributed by atoms with Crippen LogP contribution < -0.4 is 0 Å². The lowest BCUT2D eigenvalue weighted by atomic mass is 9.67. The molecule has 1 aliphatic rings. The molecule has 8 nitrogen and oxygen atoms in total. The lowest BCUT2D eigenvalue weighted by molar-refractivity contribution is -0.160. The van der Waals surface area contributed by atoms with E-state index in [0.29, 0.717) is 21.7 Å². The Balaban J connectivity index is 2.43. The molecule has 1 atom stereocenters. The molecule has 32 heavy (non-hydrogen) atoms. The van der Waals surface area contributed by atoms with Crippen LogP contribution in [0.5, 0.6) is 0 Å². The Kier molecular flexibility index (Phi) is 5.66. The zero-order chi connectivity index (χ0) is 24.2. The first-order valence-corrected chi connectivity index (χ1v) is 10.5. The molecule has 0 bridgehead atoms. The van der Waals surface area contributed by atoms with Crippen LogP contribution >= 0.6 is 11.6 Å². The van der Waals surface area contributed by atoms with Gasteiger partial charge in [-0.2, -0.15) is 0 Å². The minimum atomic E-state index is -1.74. The van der Waals surface area contributed by atoms with E-state index in [4.69, 9.17) is 20.9 Å². The van der Waals surface area contributed by atoms with Crippen molar-refractivity contribution in [3.8, 4) is 11.1 Å². The Morgan fingerprint density at radius 2 is 1.81 bits per heavy atom. The van der Waals surface area contributed by atoms with Crippen molar-refractivity contribution < 1.29 is 28.8 Å². The lowest BCUT2D eigenvalue weighted by Gasteiger charge is -2.47. The quantitative estimate of drug-likeness (QED) is 0.594. The third-order valence-electron chi connectivity index (χ3n) is 5.56. The molecule has 1 aromatic carbocycles. The van der Waals surface area contributed by atoms with Gasteiger partial charge >= 0.3 is 12.1 Å². The minimum Gasteiger partial charge on any atom is -0.465 e. The zero-order valence-corrected chi connectivity index (χ0v) is 20.0. The van der Waals surface area contributed by atoms with Crippen molar-refractivity contribution >= 4 is 29.6 Å². The van der Waals surface area contributed by atoms with Crippen molar-refractivity contribution in [3.63, 3.8) is 0 Å². The van der Waals surface area contributed by atoms with Gasteiger partial charge in [-0.25, -0.2) is 9.69 Å². The number of hydrogen-bond donors (Lipinski definition) is 1. The second kappa shape index (κ2) is 7.62. The van der Waals surface area contributed by atoms with Crippen molar-refractivity contribution in [2.75, 3.05) is 0 Å². The Morgan fingerprint density at radius 3 is 2.34 bits per heavy atom. The van der Waals surface area contributed by atoms with Crippen LogP contribution in [0.3, 0.4) is 0 Å². The molecule has 0 saturated heterocycles. The van der Waals surface area contributed by atoms with E-state index in [9.17, 15) is 19.5 Å². The van der Waals surface area contributed by atoms with E-state index >= 15 is 0 Å². The molecule has 3 rings (SSSR count). The topological polar surface area (TPSA) is 110 Å². The maximum atomic E-state index is 13.7. The third-order valence-corrected chi connectivity index (χ3v) is 5.79. The van der Waals surface area contributed by atoms with Gasteiger partial charge in [0.2, 0.25) is 0 Å². The number of aromatic nitrogens is 1. The molecule has 0 fully saturated rings. The van der Waals surface area contributed by atoms with E-state index in [2.05, 4.69) is 5.16 Å². The van der Waals surface area contributed by atoms with Gasteiger partial charge in [0.15, 0.2) is 5.76 Å². The van der Waals surface area contributed by atoms with Crippen LogP contribution in [0.15, 0.2) is 22.7 Å². The summed E-state index contributed by atoms with van der Waals surface area (Å²) in [5, 5.41) is 14.6. The Bertz CT molecular complexity index is 1110. The summed E-state index contributed by atoms with van der Waals surface area (Å²) in [6, 6.07) is 4.65. The van der Waals surface area contributed by atoms with Crippen LogP contribution in [0.1, 0.15) is 69.8 Å². The summed E-state index contributed by atoms with van der Waals surface area (Å²) in [5.41, 5.74) is -2.08. The van der Waals surface area contributed by atoms with Gasteiger partial charge in [-0.05, 0) is 45.2 Å². The predicted molar refractivity (Wildman–Crippen MR) is 117 cm³/mol. The summed E-state index contributed by atoms with van der Waals surface area (Å²) in [5.74, 6) is -1.36. The molecule has 172 valence electrons. The van der Waals surface area contributed by atoms with Gasteiger partial charge in [0.05, 0.1) is 17.7 Å². The summed E-state index contributed by atoms with van der Waals surface area (Å²) < 4.78 is 11.2. The summed E-state index contributed by atoms with van der Waals surface area (Å²) in [4.78, 5) is 40.1. The first-order valence-electron chi connectivity index (χ1n) is 10.2. The second-order valence-electron chi connectivity index (χ2n) is 9.96. The van der Waals surface area contributed by atoms with E-state index in [0.717, 1.165) is 0 Å². The molecule has 2 amide bonds. The Morgan fingerprint density at radius 1 is 1.19 bits per heavy atom. The Hall–Kier alpha value is -2.87. The molecular weight excluding hydrogens is 436 g/mol. The number of ether oxygens (including phenoxy) is 1. The number of carboxylic acid groups (broad SMARTS) is 1. The predicted octanol–water partition coefficient (Wildman–Crippen LogP) is 5.41. The number of benzene rings is 1. The summed E-state index contributed by atoms with van der Waals surface area (Å²) in [6.07, 6.45) is -1.98. The highest BCUT2D eigenvalue weighted by Gasteiger charge is 2.60. The number of amides is 2. The van der Waals surface area contributed by atoms with Gasteiger partial charge in [-0.15, -0.1) is 0 Å². The molecule has 1 aromatic heterocycles. The molecular formula is C23H27ClN2O6. The number of esters is 1. The van der Waals surface area contributed by atoms with Gasteiger partial charge in [-0.3, -0.25) is 9.59 Å². The van der Waals surface area contributed by atoms with E-state index in [-0.39, 0.29) is 16.3 Å². The smallest absolute Gasteiger partial charge is 0.415 e. The van der Waals surface area contributed by atoms with Gasteiger partial charge in [-0.1, -0.05) is 43.6 Å². The molecule has 2 aromatic rings. The summed E-state index contributed by atoms with van der Waals surface area (Å²) >= 11 is 6.15. The maximum absolute atomic E-state index is 13.7. The van der Waals surface area contributed by atoms with E-state index in [1.807, 2.05) is 0 Å². The molecule has 0 saturated carbocycles. The average molecular weight is 463 g/mol. The molecule has 0 radical (unpaired) electrons. The van der Waals surface area contributed by atoms with Crippen LogP contribution in [0.2, 0.25) is 5.02 Å². The van der Waals surface area contributed by atoms with Gasteiger partial charge in [0.1, 0.15) is 11.1 Å². The van der Waals surface area contributed by atoms with Crippen LogP contribution in [0.25, 0.3) is 11.1 Å². The number of carbonyl (C=O) groups is 3. The van der Waals surface area contributed by atoms with Crippen LogP contribution in [0.4, 0.5) is 4.79 Å². The number of aryl methyl sites for hydroxylation is 1. The first-order chi connectivity index (χ1) is 14.6. The van der Waals surface area contributed by atoms with Crippen molar-refractivity contribution in [2.45, 2.75) is 66.0 Å². The molecule has 0 spiro atoms. The zero-order valence-electron chi connectivity index (χ0n) is 19.2. The van der Waals surface area contributed by atoms with E-state index in [1.54, 1.807) is 60.6 Å². The minimum absolute atomic E-state index is 0.0859. The number of imide groups is 1. The lowest BCUT2D eigenvalue weighted by Crippen LogP contribution is -2.59. The van der Waals surface area contributed by atoms with Crippen LogP contribution in [-0.4, -0.2) is 38.7 Å². The number of carbonyl (C=O) groups excluding carboxylic acids is 2. The molecule has 9 heteroatoms. The highest BCUT2D eigenvalue weighted by Crippen LogP contribution is 2.54. The largest absolute Gasteiger partial charge is 0.465 e. The fraction of sp³-hybridized carbons (Fsp3) is 0.478. The summed E-state index contributed by atoms with van der Waals surface area (Å²) in [7, 11) is 0. The third kappa shape index (κ3) is 3.77.